The van der Waals surface area contributed by atoms with Crippen molar-refractivity contribution in [1.82, 2.24) is 10.2 Å². The van der Waals surface area contributed by atoms with Gasteiger partial charge in [-0.15, -0.1) is 11.8 Å². The van der Waals surface area contributed by atoms with Crippen molar-refractivity contribution in [3.8, 4) is 0 Å². The highest BCUT2D eigenvalue weighted by Crippen LogP contribution is 2.20. The van der Waals surface area contributed by atoms with E-state index in [0.717, 1.165) is 43.4 Å². The van der Waals surface area contributed by atoms with Crippen molar-refractivity contribution in [3.05, 3.63) is 53.6 Å². The number of benzene rings is 2. The molecule has 1 aliphatic heterocycles. The molecule has 2 amide bonds. The molecule has 27 heavy (non-hydrogen) atoms. The van der Waals surface area contributed by atoms with Crippen LogP contribution in [0.3, 0.4) is 0 Å². The van der Waals surface area contributed by atoms with Crippen LogP contribution >= 0.6 is 23.4 Å². The van der Waals surface area contributed by atoms with Gasteiger partial charge in [0, 0.05) is 60.6 Å². The number of hydrogen-bond acceptors (Lipinski definition) is 4. The number of carbonyl (C=O) groups excluding carboxylic acids is 1. The van der Waals surface area contributed by atoms with Gasteiger partial charge in [0.25, 0.3) is 0 Å². The van der Waals surface area contributed by atoms with E-state index in [1.165, 1.54) is 10.6 Å². The van der Waals surface area contributed by atoms with Crippen LogP contribution in [0.15, 0.2) is 53.4 Å². The second-order valence-corrected chi connectivity index (χ2v) is 7.73. The number of nitrogens with zero attached hydrogens (tertiary/aromatic N) is 2. The molecule has 0 bridgehead atoms. The third kappa shape index (κ3) is 6.06. The van der Waals surface area contributed by atoms with Crippen LogP contribution in [0.2, 0.25) is 5.02 Å². The fourth-order valence-electron chi connectivity index (χ4n) is 3.08. The normalized spacial score (nSPS) is 14.8. The fourth-order valence-corrected chi connectivity index (χ4v) is 3.67. The van der Waals surface area contributed by atoms with Crippen LogP contribution in [0.4, 0.5) is 16.2 Å². The minimum atomic E-state index is -0.163. The lowest BCUT2D eigenvalue weighted by molar-refractivity contribution is 0.240. The smallest absolute Gasteiger partial charge is 0.319 e. The summed E-state index contributed by atoms with van der Waals surface area (Å²) < 4.78 is 0. The minimum absolute atomic E-state index is 0.163. The van der Waals surface area contributed by atoms with Gasteiger partial charge in [0.2, 0.25) is 0 Å². The van der Waals surface area contributed by atoms with Crippen LogP contribution in [0.5, 0.6) is 0 Å². The van der Waals surface area contributed by atoms with Gasteiger partial charge >= 0.3 is 6.03 Å². The van der Waals surface area contributed by atoms with Gasteiger partial charge in [-0.2, -0.15) is 0 Å². The Bertz CT molecular complexity index is 748. The van der Waals surface area contributed by atoms with E-state index in [9.17, 15) is 4.79 Å². The molecule has 2 aromatic rings. The largest absolute Gasteiger partial charge is 0.369 e. The second kappa shape index (κ2) is 9.88. The molecule has 5 nitrogen and oxygen atoms in total. The van der Waals surface area contributed by atoms with E-state index in [1.807, 2.05) is 48.7 Å². The number of thioether (sulfide) groups is 1. The molecule has 1 aliphatic rings. The van der Waals surface area contributed by atoms with E-state index in [4.69, 9.17) is 11.6 Å². The maximum atomic E-state index is 12.0. The SMILES string of the molecule is CSc1ccc(NC(=O)NCCN2CCN(c3cccc(Cl)c3)CC2)cc1. The summed E-state index contributed by atoms with van der Waals surface area (Å²) in [6, 6.07) is 15.7. The molecule has 1 fully saturated rings. The highest BCUT2D eigenvalue weighted by molar-refractivity contribution is 7.98. The number of rotatable bonds is 6. The summed E-state index contributed by atoms with van der Waals surface area (Å²) in [6.45, 7) is 5.37. The summed E-state index contributed by atoms with van der Waals surface area (Å²) in [4.78, 5) is 17.9. The molecule has 3 rings (SSSR count). The average Bonchev–Trinajstić information content (AvgIpc) is 2.69. The molecule has 0 radical (unpaired) electrons. The maximum absolute atomic E-state index is 12.0. The van der Waals surface area contributed by atoms with Gasteiger partial charge in [-0.25, -0.2) is 4.79 Å². The van der Waals surface area contributed by atoms with Gasteiger partial charge in [0.05, 0.1) is 0 Å². The topological polar surface area (TPSA) is 47.6 Å². The van der Waals surface area contributed by atoms with Crippen molar-refractivity contribution < 1.29 is 4.79 Å². The molecule has 0 spiro atoms. The van der Waals surface area contributed by atoms with Gasteiger partial charge in [-0.05, 0) is 48.7 Å². The van der Waals surface area contributed by atoms with E-state index in [0.29, 0.717) is 6.54 Å². The molecule has 0 saturated carbocycles. The molecule has 0 unspecified atom stereocenters. The van der Waals surface area contributed by atoms with E-state index >= 15 is 0 Å². The number of urea groups is 1. The molecule has 0 aliphatic carbocycles. The summed E-state index contributed by atoms with van der Waals surface area (Å²) >= 11 is 7.76. The lowest BCUT2D eigenvalue weighted by atomic mass is 10.2. The summed E-state index contributed by atoms with van der Waals surface area (Å²) in [6.07, 6.45) is 2.03. The Balaban J connectivity index is 1.35. The highest BCUT2D eigenvalue weighted by Gasteiger charge is 2.17. The van der Waals surface area contributed by atoms with Crippen molar-refractivity contribution >= 4 is 40.8 Å². The third-order valence-electron chi connectivity index (χ3n) is 4.61. The third-order valence-corrected chi connectivity index (χ3v) is 5.59. The minimum Gasteiger partial charge on any atom is -0.369 e. The fraction of sp³-hybridized carbons (Fsp3) is 0.350. The Hall–Kier alpha value is -1.89. The number of nitrogens with one attached hydrogen (secondary N) is 2. The Kier molecular flexibility index (Phi) is 7.26. The van der Waals surface area contributed by atoms with E-state index in [1.54, 1.807) is 11.8 Å². The highest BCUT2D eigenvalue weighted by atomic mass is 35.5. The number of hydrogen-bond donors (Lipinski definition) is 2. The zero-order valence-corrected chi connectivity index (χ0v) is 17.0. The van der Waals surface area contributed by atoms with Crippen LogP contribution < -0.4 is 15.5 Å². The molecule has 7 heteroatoms. The Labute approximate surface area is 170 Å². The van der Waals surface area contributed by atoms with Gasteiger partial charge in [0.1, 0.15) is 0 Å². The molecule has 144 valence electrons. The number of anilines is 2. The number of halogens is 1. The quantitative estimate of drug-likeness (QED) is 0.714. The predicted molar refractivity (Wildman–Crippen MR) is 115 cm³/mol. The number of carbonyl (C=O) groups is 1. The van der Waals surface area contributed by atoms with Gasteiger partial charge < -0.3 is 15.5 Å². The van der Waals surface area contributed by atoms with Crippen LogP contribution in [0.25, 0.3) is 0 Å². The molecule has 2 aromatic carbocycles. The van der Waals surface area contributed by atoms with Crippen molar-refractivity contribution in [3.63, 3.8) is 0 Å². The summed E-state index contributed by atoms with van der Waals surface area (Å²) in [7, 11) is 0. The Morgan fingerprint density at radius 3 is 2.52 bits per heavy atom. The standard InChI is InChI=1S/C20H25ClN4OS/c1-27-19-7-5-17(6-8-19)23-20(26)22-9-10-24-11-13-25(14-12-24)18-4-2-3-16(21)15-18/h2-8,15H,9-14H2,1H3,(H2,22,23,26). The van der Waals surface area contributed by atoms with Crippen LogP contribution in [-0.4, -0.2) is 56.5 Å². The molecule has 0 aromatic heterocycles. The van der Waals surface area contributed by atoms with Crippen molar-refractivity contribution in [2.45, 2.75) is 4.90 Å². The molecule has 1 saturated heterocycles. The first-order chi connectivity index (χ1) is 13.1. The van der Waals surface area contributed by atoms with Gasteiger partial charge in [0.15, 0.2) is 0 Å². The van der Waals surface area contributed by atoms with Gasteiger partial charge in [-0.1, -0.05) is 17.7 Å². The number of amides is 2. The van der Waals surface area contributed by atoms with Crippen molar-refractivity contribution in [2.75, 3.05) is 55.7 Å². The second-order valence-electron chi connectivity index (χ2n) is 6.42. The molecule has 1 heterocycles. The summed E-state index contributed by atoms with van der Waals surface area (Å²) in [5.74, 6) is 0. The molecule has 2 N–H and O–H groups in total. The van der Waals surface area contributed by atoms with E-state index in [2.05, 4.69) is 26.5 Å². The van der Waals surface area contributed by atoms with Crippen LogP contribution in [0.1, 0.15) is 0 Å². The zero-order chi connectivity index (χ0) is 19.1. The van der Waals surface area contributed by atoms with E-state index < -0.39 is 0 Å². The van der Waals surface area contributed by atoms with Crippen LogP contribution in [-0.2, 0) is 0 Å². The Morgan fingerprint density at radius 2 is 1.85 bits per heavy atom. The van der Waals surface area contributed by atoms with E-state index in [-0.39, 0.29) is 6.03 Å². The number of piperazine rings is 1. The first kappa shape index (κ1) is 19.9. The lowest BCUT2D eigenvalue weighted by Crippen LogP contribution is -2.48. The molecular formula is C20H25ClN4OS. The predicted octanol–water partition coefficient (Wildman–Crippen LogP) is 4.01. The first-order valence-electron chi connectivity index (χ1n) is 9.06. The molecule has 0 atom stereocenters. The zero-order valence-electron chi connectivity index (χ0n) is 15.5. The lowest BCUT2D eigenvalue weighted by Gasteiger charge is -2.36. The van der Waals surface area contributed by atoms with Crippen molar-refractivity contribution in [2.24, 2.45) is 0 Å². The van der Waals surface area contributed by atoms with Crippen molar-refractivity contribution in [1.29, 1.82) is 0 Å². The average molecular weight is 405 g/mol. The van der Waals surface area contributed by atoms with Gasteiger partial charge in [-0.3, -0.25) is 4.90 Å². The molecular weight excluding hydrogens is 380 g/mol. The first-order valence-corrected chi connectivity index (χ1v) is 10.7. The summed E-state index contributed by atoms with van der Waals surface area (Å²) in [5, 5.41) is 6.57. The summed E-state index contributed by atoms with van der Waals surface area (Å²) in [5.41, 5.74) is 1.98. The van der Waals surface area contributed by atoms with Crippen LogP contribution in [0, 0.1) is 0 Å². The Morgan fingerprint density at radius 1 is 1.11 bits per heavy atom. The maximum Gasteiger partial charge on any atom is 0.319 e. The monoisotopic (exact) mass is 404 g/mol.